The Morgan fingerprint density at radius 2 is 2.10 bits per heavy atom. The minimum atomic E-state index is -0.501. The van der Waals surface area contributed by atoms with E-state index in [0.29, 0.717) is 5.69 Å². The van der Waals surface area contributed by atoms with Crippen LogP contribution in [-0.4, -0.2) is 32.2 Å². The lowest BCUT2D eigenvalue weighted by molar-refractivity contribution is -0.118. The fraction of sp³-hybridized carbons (Fsp3) is 0.385. The smallest absolute Gasteiger partial charge is 0.241 e. The van der Waals surface area contributed by atoms with Crippen LogP contribution in [0.2, 0.25) is 0 Å². The molecule has 7 heteroatoms. The first-order chi connectivity index (χ1) is 9.61. The van der Waals surface area contributed by atoms with Crippen LogP contribution < -0.4 is 11.1 Å². The van der Waals surface area contributed by atoms with Crippen molar-refractivity contribution in [2.75, 3.05) is 5.32 Å². The van der Waals surface area contributed by atoms with Gasteiger partial charge < -0.3 is 11.1 Å². The highest BCUT2D eigenvalue weighted by Gasteiger charge is 2.19. The van der Waals surface area contributed by atoms with Gasteiger partial charge in [-0.15, -0.1) is 5.10 Å². The topological polar surface area (TPSA) is 98.7 Å². The molecule has 3 N–H and O–H groups in total. The normalized spacial score (nSPS) is 13.8. The lowest BCUT2D eigenvalue weighted by Crippen LogP contribution is -2.40. The lowest BCUT2D eigenvalue weighted by Gasteiger charge is -2.17. The molecule has 0 aliphatic heterocycles. The Morgan fingerprint density at radius 1 is 1.40 bits per heavy atom. The maximum Gasteiger partial charge on any atom is 0.241 e. The number of rotatable bonds is 5. The standard InChI is InChI=1S/C13H18N6O/c1-3-9(2)12(14)13(20)16-10-4-6-11(7-5-10)19-8-15-17-18-19/h4-9,12H,3,14H2,1-2H3,(H,16,20)/t9-,12-/m0/s1. The summed E-state index contributed by atoms with van der Waals surface area (Å²) in [6.45, 7) is 3.98. The van der Waals surface area contributed by atoms with E-state index in [1.807, 2.05) is 26.0 Å². The van der Waals surface area contributed by atoms with Crippen LogP contribution in [0.1, 0.15) is 20.3 Å². The van der Waals surface area contributed by atoms with Crippen molar-refractivity contribution in [3.63, 3.8) is 0 Å². The van der Waals surface area contributed by atoms with Gasteiger partial charge in [0.1, 0.15) is 6.33 Å². The van der Waals surface area contributed by atoms with Gasteiger partial charge >= 0.3 is 0 Å². The molecule has 1 aromatic carbocycles. The monoisotopic (exact) mass is 274 g/mol. The predicted octanol–water partition coefficient (Wildman–Crippen LogP) is 0.974. The fourth-order valence-corrected chi connectivity index (χ4v) is 1.72. The Kier molecular flexibility index (Phi) is 4.41. The van der Waals surface area contributed by atoms with Crippen molar-refractivity contribution in [3.05, 3.63) is 30.6 Å². The zero-order valence-corrected chi connectivity index (χ0v) is 11.5. The first-order valence-corrected chi connectivity index (χ1v) is 6.51. The minimum absolute atomic E-state index is 0.149. The van der Waals surface area contributed by atoms with Crippen LogP contribution in [0.5, 0.6) is 0 Å². The van der Waals surface area contributed by atoms with Crippen LogP contribution in [0.4, 0.5) is 5.69 Å². The molecule has 1 aromatic heterocycles. The third-order valence-electron chi connectivity index (χ3n) is 3.31. The molecule has 20 heavy (non-hydrogen) atoms. The molecule has 1 amide bonds. The highest BCUT2D eigenvalue weighted by molar-refractivity contribution is 5.94. The number of anilines is 1. The molecule has 7 nitrogen and oxygen atoms in total. The molecule has 0 saturated heterocycles. The van der Waals surface area contributed by atoms with Gasteiger partial charge in [0.15, 0.2) is 0 Å². The van der Waals surface area contributed by atoms with E-state index in [1.165, 1.54) is 11.0 Å². The number of carbonyl (C=O) groups excluding carboxylic acids is 1. The molecule has 0 radical (unpaired) electrons. The number of amides is 1. The molecule has 1 heterocycles. The second-order valence-electron chi connectivity index (χ2n) is 4.70. The summed E-state index contributed by atoms with van der Waals surface area (Å²) in [5, 5.41) is 13.7. The number of nitrogens with one attached hydrogen (secondary N) is 1. The molecule has 0 unspecified atom stereocenters. The number of carbonyl (C=O) groups is 1. The lowest BCUT2D eigenvalue weighted by atomic mass is 9.99. The Labute approximate surface area is 117 Å². The molecule has 2 aromatic rings. The first kappa shape index (κ1) is 14.1. The highest BCUT2D eigenvalue weighted by atomic mass is 16.2. The molecule has 0 aliphatic carbocycles. The number of nitrogens with zero attached hydrogens (tertiary/aromatic N) is 4. The number of benzene rings is 1. The summed E-state index contributed by atoms with van der Waals surface area (Å²) in [5.41, 5.74) is 7.40. The van der Waals surface area contributed by atoms with E-state index in [0.717, 1.165) is 12.1 Å². The summed E-state index contributed by atoms with van der Waals surface area (Å²) in [7, 11) is 0. The van der Waals surface area contributed by atoms with Crippen LogP contribution in [0, 0.1) is 5.92 Å². The van der Waals surface area contributed by atoms with E-state index < -0.39 is 6.04 Å². The van der Waals surface area contributed by atoms with Gasteiger partial charge in [0, 0.05) is 5.69 Å². The molecule has 0 aliphatic rings. The third kappa shape index (κ3) is 3.18. The summed E-state index contributed by atoms with van der Waals surface area (Å²) in [4.78, 5) is 12.0. The molecule has 0 fully saturated rings. The zero-order valence-electron chi connectivity index (χ0n) is 11.5. The van der Waals surface area contributed by atoms with Crippen molar-refractivity contribution in [3.8, 4) is 5.69 Å². The fourth-order valence-electron chi connectivity index (χ4n) is 1.72. The number of hydrogen-bond donors (Lipinski definition) is 2. The van der Waals surface area contributed by atoms with Crippen molar-refractivity contribution in [1.29, 1.82) is 0 Å². The van der Waals surface area contributed by atoms with Crippen molar-refractivity contribution in [1.82, 2.24) is 20.2 Å². The number of hydrogen-bond acceptors (Lipinski definition) is 5. The second kappa shape index (κ2) is 6.25. The molecule has 2 atom stereocenters. The van der Waals surface area contributed by atoms with Crippen LogP contribution in [-0.2, 0) is 4.79 Å². The summed E-state index contributed by atoms with van der Waals surface area (Å²) >= 11 is 0. The van der Waals surface area contributed by atoms with Gasteiger partial charge in [0.25, 0.3) is 0 Å². The van der Waals surface area contributed by atoms with Crippen LogP contribution >= 0.6 is 0 Å². The van der Waals surface area contributed by atoms with E-state index in [1.54, 1.807) is 12.1 Å². The molecular formula is C13H18N6O. The Morgan fingerprint density at radius 3 is 2.65 bits per heavy atom. The summed E-state index contributed by atoms with van der Waals surface area (Å²) in [6, 6.07) is 6.72. The van der Waals surface area contributed by atoms with Crippen LogP contribution in [0.15, 0.2) is 30.6 Å². The summed E-state index contributed by atoms with van der Waals surface area (Å²) in [5.74, 6) is -0.0231. The predicted molar refractivity (Wildman–Crippen MR) is 75.2 cm³/mol. The Bertz CT molecular complexity index is 551. The number of aromatic nitrogens is 4. The third-order valence-corrected chi connectivity index (χ3v) is 3.31. The summed E-state index contributed by atoms with van der Waals surface area (Å²) in [6.07, 6.45) is 2.37. The van der Waals surface area contributed by atoms with Gasteiger partial charge in [-0.2, -0.15) is 0 Å². The van der Waals surface area contributed by atoms with Gasteiger partial charge in [-0.3, -0.25) is 4.79 Å². The quantitative estimate of drug-likeness (QED) is 0.846. The van der Waals surface area contributed by atoms with Gasteiger partial charge in [0.05, 0.1) is 11.7 Å². The average Bonchev–Trinajstić information content (AvgIpc) is 3.00. The molecule has 0 bridgehead atoms. The Balaban J connectivity index is 2.02. The van der Waals surface area contributed by atoms with Gasteiger partial charge in [0.2, 0.25) is 5.91 Å². The van der Waals surface area contributed by atoms with Crippen molar-refractivity contribution in [2.45, 2.75) is 26.3 Å². The number of nitrogens with two attached hydrogens (primary N) is 1. The van der Waals surface area contributed by atoms with E-state index >= 15 is 0 Å². The van der Waals surface area contributed by atoms with Gasteiger partial charge in [-0.25, -0.2) is 4.68 Å². The van der Waals surface area contributed by atoms with E-state index in [2.05, 4.69) is 20.8 Å². The van der Waals surface area contributed by atoms with Crippen LogP contribution in [0.3, 0.4) is 0 Å². The molecule has 106 valence electrons. The van der Waals surface area contributed by atoms with Gasteiger partial charge in [-0.1, -0.05) is 20.3 Å². The zero-order chi connectivity index (χ0) is 14.5. The maximum absolute atomic E-state index is 12.0. The van der Waals surface area contributed by atoms with E-state index in [-0.39, 0.29) is 11.8 Å². The second-order valence-corrected chi connectivity index (χ2v) is 4.70. The molecule has 0 saturated carbocycles. The van der Waals surface area contributed by atoms with Crippen molar-refractivity contribution < 1.29 is 4.79 Å². The number of tetrazole rings is 1. The largest absolute Gasteiger partial charge is 0.325 e. The maximum atomic E-state index is 12.0. The SMILES string of the molecule is CC[C@H](C)[C@H](N)C(=O)Nc1ccc(-n2cnnn2)cc1. The first-order valence-electron chi connectivity index (χ1n) is 6.51. The van der Waals surface area contributed by atoms with Crippen LogP contribution in [0.25, 0.3) is 5.69 Å². The molecule has 0 spiro atoms. The highest BCUT2D eigenvalue weighted by Crippen LogP contribution is 2.13. The molecular weight excluding hydrogens is 256 g/mol. The Hall–Kier alpha value is -2.28. The minimum Gasteiger partial charge on any atom is -0.325 e. The van der Waals surface area contributed by atoms with Gasteiger partial charge in [-0.05, 0) is 40.6 Å². The van der Waals surface area contributed by atoms with E-state index in [4.69, 9.17) is 5.73 Å². The average molecular weight is 274 g/mol. The van der Waals surface area contributed by atoms with E-state index in [9.17, 15) is 4.79 Å². The summed E-state index contributed by atoms with van der Waals surface area (Å²) < 4.78 is 1.54. The van der Waals surface area contributed by atoms with Crippen molar-refractivity contribution in [2.24, 2.45) is 11.7 Å². The molecule has 2 rings (SSSR count). The van der Waals surface area contributed by atoms with Crippen molar-refractivity contribution >= 4 is 11.6 Å².